The summed E-state index contributed by atoms with van der Waals surface area (Å²) in [6.07, 6.45) is 2.24. The van der Waals surface area contributed by atoms with Crippen molar-refractivity contribution in [3.8, 4) is 23.0 Å². The summed E-state index contributed by atoms with van der Waals surface area (Å²) < 4.78 is 21.6. The van der Waals surface area contributed by atoms with Crippen molar-refractivity contribution in [3.05, 3.63) is 78.0 Å². The van der Waals surface area contributed by atoms with E-state index in [-0.39, 0.29) is 12.7 Å². The Kier molecular flexibility index (Phi) is 8.23. The number of hydrogen-bond donors (Lipinski definition) is 3. The second kappa shape index (κ2) is 12.5. The summed E-state index contributed by atoms with van der Waals surface area (Å²) in [6, 6.07) is 17.8. The highest BCUT2D eigenvalue weighted by molar-refractivity contribution is 5.95. The zero-order valence-electron chi connectivity index (χ0n) is 24.2. The minimum Gasteiger partial charge on any atom is -0.497 e. The predicted molar refractivity (Wildman–Crippen MR) is 162 cm³/mol. The summed E-state index contributed by atoms with van der Waals surface area (Å²) in [4.78, 5) is 34.6. The molecule has 11 nitrogen and oxygen atoms in total. The number of urea groups is 1. The van der Waals surface area contributed by atoms with Crippen molar-refractivity contribution in [2.45, 2.75) is 19.0 Å². The molecule has 3 N–H and O–H groups in total. The standard InChI is InChI=1S/C32H35N5O6/c1-40-23-8-9-26(29(17-23)41-2)34-32(39)35-27(16-22-18-33-25-6-4-3-5-24(22)25)31(38)37-13-11-36(12-14-37)19-21-7-10-28-30(15-21)43-20-42-28/h3-10,15,17-18,27,33H,11-14,16,19-20H2,1-2H3,(H2,34,35,39). The maximum atomic E-state index is 13.9. The number of para-hydroxylation sites is 1. The molecule has 6 rings (SSSR count). The van der Waals surface area contributed by atoms with Gasteiger partial charge in [0.1, 0.15) is 17.5 Å². The topological polar surface area (TPSA) is 117 Å². The minimum atomic E-state index is -0.774. The molecule has 0 saturated carbocycles. The number of hydrogen-bond acceptors (Lipinski definition) is 7. The van der Waals surface area contributed by atoms with Gasteiger partial charge in [0, 0.05) is 62.3 Å². The molecule has 11 heteroatoms. The molecule has 1 aromatic heterocycles. The molecule has 1 fully saturated rings. The van der Waals surface area contributed by atoms with Gasteiger partial charge in [-0.2, -0.15) is 0 Å². The van der Waals surface area contributed by atoms with Crippen molar-refractivity contribution in [3.63, 3.8) is 0 Å². The van der Waals surface area contributed by atoms with Gasteiger partial charge in [0.05, 0.1) is 19.9 Å². The fraction of sp³-hybridized carbons (Fsp3) is 0.312. The number of aromatic amines is 1. The van der Waals surface area contributed by atoms with Gasteiger partial charge in [-0.3, -0.25) is 9.69 Å². The van der Waals surface area contributed by atoms with Gasteiger partial charge in [-0.1, -0.05) is 24.3 Å². The van der Waals surface area contributed by atoms with Crippen LogP contribution in [-0.4, -0.2) is 80.0 Å². The molecular formula is C32H35N5O6. The Balaban J connectivity index is 1.14. The van der Waals surface area contributed by atoms with E-state index >= 15 is 0 Å². The first kappa shape index (κ1) is 28.2. The van der Waals surface area contributed by atoms with Crippen LogP contribution in [0.25, 0.3) is 10.9 Å². The summed E-state index contributed by atoms with van der Waals surface area (Å²) in [5.74, 6) is 2.47. The van der Waals surface area contributed by atoms with Crippen LogP contribution < -0.4 is 29.6 Å². The van der Waals surface area contributed by atoms with E-state index in [0.717, 1.165) is 53.2 Å². The minimum absolute atomic E-state index is 0.121. The SMILES string of the molecule is COc1ccc(NC(=O)NC(Cc2c[nH]c3ccccc23)C(=O)N2CCN(Cc3ccc4c(c3)OCO4)CC2)c(OC)c1. The van der Waals surface area contributed by atoms with Gasteiger partial charge >= 0.3 is 6.03 Å². The predicted octanol–water partition coefficient (Wildman–Crippen LogP) is 3.99. The maximum Gasteiger partial charge on any atom is 0.320 e. The van der Waals surface area contributed by atoms with Crippen molar-refractivity contribution >= 4 is 28.5 Å². The average Bonchev–Trinajstić information content (AvgIpc) is 3.68. The Bertz CT molecular complexity index is 1610. The highest BCUT2D eigenvalue weighted by Crippen LogP contribution is 2.33. The van der Waals surface area contributed by atoms with Crippen LogP contribution in [0.3, 0.4) is 0 Å². The van der Waals surface area contributed by atoms with Crippen LogP contribution >= 0.6 is 0 Å². The van der Waals surface area contributed by atoms with Gasteiger partial charge in [0.15, 0.2) is 11.5 Å². The number of amides is 3. The zero-order chi connectivity index (χ0) is 29.8. The van der Waals surface area contributed by atoms with Crippen LogP contribution in [0.15, 0.2) is 66.9 Å². The van der Waals surface area contributed by atoms with Crippen molar-refractivity contribution < 1.29 is 28.5 Å². The molecular weight excluding hydrogens is 550 g/mol. The molecule has 1 unspecified atom stereocenters. The molecule has 1 saturated heterocycles. The van der Waals surface area contributed by atoms with Crippen LogP contribution in [-0.2, 0) is 17.8 Å². The molecule has 224 valence electrons. The van der Waals surface area contributed by atoms with Crippen LogP contribution in [0.4, 0.5) is 10.5 Å². The largest absolute Gasteiger partial charge is 0.497 e. The quantitative estimate of drug-likeness (QED) is 0.272. The van der Waals surface area contributed by atoms with Crippen molar-refractivity contribution in [1.82, 2.24) is 20.1 Å². The number of aromatic nitrogens is 1. The molecule has 0 spiro atoms. The lowest BCUT2D eigenvalue weighted by Crippen LogP contribution is -2.55. The van der Waals surface area contributed by atoms with E-state index in [1.165, 1.54) is 7.11 Å². The third kappa shape index (κ3) is 6.31. The highest BCUT2D eigenvalue weighted by atomic mass is 16.7. The number of nitrogens with one attached hydrogen (secondary N) is 3. The number of H-pyrrole nitrogens is 1. The van der Waals surface area contributed by atoms with E-state index in [1.807, 2.05) is 53.6 Å². The van der Waals surface area contributed by atoms with Gasteiger partial charge in [0.2, 0.25) is 12.7 Å². The van der Waals surface area contributed by atoms with Gasteiger partial charge in [0.25, 0.3) is 0 Å². The summed E-state index contributed by atoms with van der Waals surface area (Å²) >= 11 is 0. The smallest absolute Gasteiger partial charge is 0.320 e. The normalized spacial score (nSPS) is 15.3. The summed E-state index contributed by atoms with van der Waals surface area (Å²) in [7, 11) is 3.08. The van der Waals surface area contributed by atoms with Crippen LogP contribution in [0.5, 0.6) is 23.0 Å². The van der Waals surface area contributed by atoms with Crippen molar-refractivity contribution in [2.75, 3.05) is 52.5 Å². The molecule has 0 radical (unpaired) electrons. The molecule has 0 bridgehead atoms. The van der Waals surface area contributed by atoms with Crippen molar-refractivity contribution in [2.24, 2.45) is 0 Å². The molecule has 3 amide bonds. The summed E-state index contributed by atoms with van der Waals surface area (Å²) in [5.41, 5.74) is 3.54. The molecule has 2 aliphatic heterocycles. The molecule has 43 heavy (non-hydrogen) atoms. The van der Waals surface area contributed by atoms with Crippen LogP contribution in [0, 0.1) is 0 Å². The van der Waals surface area contributed by atoms with E-state index in [4.69, 9.17) is 18.9 Å². The first-order chi connectivity index (χ1) is 21.0. The number of benzene rings is 3. The van der Waals surface area contributed by atoms with Crippen molar-refractivity contribution in [1.29, 1.82) is 0 Å². The van der Waals surface area contributed by atoms with Crippen LogP contribution in [0.2, 0.25) is 0 Å². The van der Waals surface area contributed by atoms with E-state index in [1.54, 1.807) is 25.3 Å². The fourth-order valence-corrected chi connectivity index (χ4v) is 5.58. The van der Waals surface area contributed by atoms with Crippen LogP contribution in [0.1, 0.15) is 11.1 Å². The lowest BCUT2D eigenvalue weighted by Gasteiger charge is -2.36. The number of anilines is 1. The number of nitrogens with zero attached hydrogens (tertiary/aromatic N) is 2. The zero-order valence-corrected chi connectivity index (χ0v) is 24.2. The van der Waals surface area contributed by atoms with Gasteiger partial charge in [-0.15, -0.1) is 0 Å². The Morgan fingerprint density at radius 1 is 0.953 bits per heavy atom. The maximum absolute atomic E-state index is 13.9. The number of piperazine rings is 1. The summed E-state index contributed by atoms with van der Waals surface area (Å²) in [6.45, 7) is 3.55. The van der Waals surface area contributed by atoms with E-state index < -0.39 is 12.1 Å². The highest BCUT2D eigenvalue weighted by Gasteiger charge is 2.30. The number of rotatable bonds is 9. The first-order valence-electron chi connectivity index (χ1n) is 14.2. The molecule has 1 atom stereocenters. The second-order valence-corrected chi connectivity index (χ2v) is 10.6. The van der Waals surface area contributed by atoms with E-state index in [9.17, 15) is 9.59 Å². The Morgan fingerprint density at radius 2 is 1.77 bits per heavy atom. The molecule has 0 aliphatic carbocycles. The Morgan fingerprint density at radius 3 is 2.58 bits per heavy atom. The third-order valence-corrected chi connectivity index (χ3v) is 7.89. The second-order valence-electron chi connectivity index (χ2n) is 10.6. The lowest BCUT2D eigenvalue weighted by atomic mass is 10.0. The van der Waals surface area contributed by atoms with E-state index in [0.29, 0.717) is 36.7 Å². The molecule has 3 heterocycles. The Labute approximate surface area is 249 Å². The van der Waals surface area contributed by atoms with Gasteiger partial charge in [-0.25, -0.2) is 4.79 Å². The van der Waals surface area contributed by atoms with Gasteiger partial charge < -0.3 is 39.5 Å². The first-order valence-corrected chi connectivity index (χ1v) is 14.2. The third-order valence-electron chi connectivity index (χ3n) is 7.89. The average molecular weight is 586 g/mol. The number of carbonyl (C=O) groups is 2. The monoisotopic (exact) mass is 585 g/mol. The summed E-state index contributed by atoms with van der Waals surface area (Å²) in [5, 5.41) is 6.79. The fourth-order valence-electron chi connectivity index (χ4n) is 5.58. The number of ether oxygens (including phenoxy) is 4. The molecule has 4 aromatic rings. The number of fused-ring (bicyclic) bond motifs is 2. The number of carbonyl (C=O) groups excluding carboxylic acids is 2. The molecule has 3 aromatic carbocycles. The molecule has 2 aliphatic rings. The lowest BCUT2D eigenvalue weighted by molar-refractivity contribution is -0.135. The Hall–Kier alpha value is -4.90. The van der Waals surface area contributed by atoms with E-state index in [2.05, 4.69) is 20.5 Å². The number of methoxy groups -OCH3 is 2. The van der Waals surface area contributed by atoms with Gasteiger partial charge in [-0.05, 0) is 41.5 Å².